The normalized spacial score (nSPS) is 40.7. The van der Waals surface area contributed by atoms with E-state index in [9.17, 15) is 4.79 Å². The molecule has 0 aromatic heterocycles. The highest BCUT2D eigenvalue weighted by Crippen LogP contribution is 2.59. The molecule has 18 heavy (non-hydrogen) atoms. The van der Waals surface area contributed by atoms with Crippen LogP contribution in [0.1, 0.15) is 52.4 Å². The van der Waals surface area contributed by atoms with Crippen LogP contribution in [-0.2, 0) is 4.79 Å². The van der Waals surface area contributed by atoms with Gasteiger partial charge in [0.1, 0.15) is 0 Å². The van der Waals surface area contributed by atoms with Gasteiger partial charge in [0.05, 0.1) is 0 Å². The molecule has 4 aliphatic carbocycles. The van der Waals surface area contributed by atoms with Gasteiger partial charge in [-0.1, -0.05) is 5.57 Å². The summed E-state index contributed by atoms with van der Waals surface area (Å²) in [5.41, 5.74) is 1.54. The molecular weight excluding hydrogens is 222 g/mol. The molecule has 4 aliphatic rings. The third-order valence-corrected chi connectivity index (χ3v) is 5.22. The Morgan fingerprint density at radius 3 is 2.06 bits per heavy atom. The predicted molar refractivity (Wildman–Crippen MR) is 73.0 cm³/mol. The number of carbonyl (C=O) groups excluding carboxylic acids is 1. The van der Waals surface area contributed by atoms with Crippen LogP contribution in [0.4, 0.5) is 0 Å². The third kappa shape index (κ3) is 2.34. The molecule has 2 nitrogen and oxygen atoms in total. The summed E-state index contributed by atoms with van der Waals surface area (Å²) in [7, 11) is 0. The van der Waals surface area contributed by atoms with Crippen LogP contribution in [0.25, 0.3) is 0 Å². The highest BCUT2D eigenvalue weighted by atomic mass is 16.1. The minimum atomic E-state index is 0.103. The smallest absolute Gasteiger partial charge is 0.243 e. The molecule has 0 aromatic rings. The Hall–Kier alpha value is -0.790. The summed E-state index contributed by atoms with van der Waals surface area (Å²) in [6, 6.07) is 0. The van der Waals surface area contributed by atoms with Crippen molar-refractivity contribution in [1.82, 2.24) is 5.32 Å². The number of hydrogen-bond donors (Lipinski definition) is 1. The van der Waals surface area contributed by atoms with E-state index in [2.05, 4.69) is 5.32 Å². The first kappa shape index (κ1) is 12.3. The van der Waals surface area contributed by atoms with Gasteiger partial charge in [-0.25, -0.2) is 0 Å². The summed E-state index contributed by atoms with van der Waals surface area (Å²) in [6.07, 6.45) is 10.3. The number of amides is 1. The van der Waals surface area contributed by atoms with E-state index in [1.807, 2.05) is 13.8 Å². The lowest BCUT2D eigenvalue weighted by Gasteiger charge is -2.56. The fourth-order valence-corrected chi connectivity index (χ4v) is 5.09. The summed E-state index contributed by atoms with van der Waals surface area (Å²) < 4.78 is 0. The molecule has 2 heteroatoms. The molecule has 0 aromatic carbocycles. The van der Waals surface area contributed by atoms with Gasteiger partial charge >= 0.3 is 0 Å². The van der Waals surface area contributed by atoms with E-state index >= 15 is 0 Å². The van der Waals surface area contributed by atoms with Gasteiger partial charge in [-0.3, -0.25) is 4.79 Å². The maximum Gasteiger partial charge on any atom is 0.243 e. The molecule has 0 unspecified atom stereocenters. The fraction of sp³-hybridized carbons (Fsp3) is 0.812. The van der Waals surface area contributed by atoms with Crippen molar-refractivity contribution in [2.75, 3.05) is 6.54 Å². The third-order valence-electron chi connectivity index (χ3n) is 5.22. The minimum absolute atomic E-state index is 0.103. The second kappa shape index (κ2) is 4.40. The Bertz CT molecular complexity index is 343. The van der Waals surface area contributed by atoms with E-state index in [1.54, 1.807) is 6.08 Å². The van der Waals surface area contributed by atoms with Crippen molar-refractivity contribution in [3.8, 4) is 0 Å². The van der Waals surface area contributed by atoms with Crippen molar-refractivity contribution < 1.29 is 4.79 Å². The average Bonchev–Trinajstić information content (AvgIpc) is 2.23. The highest BCUT2D eigenvalue weighted by molar-refractivity contribution is 5.88. The topological polar surface area (TPSA) is 29.1 Å². The van der Waals surface area contributed by atoms with Crippen molar-refractivity contribution in [2.45, 2.75) is 52.4 Å². The molecule has 4 rings (SSSR count). The van der Waals surface area contributed by atoms with Gasteiger partial charge in [-0.15, -0.1) is 0 Å². The van der Waals surface area contributed by atoms with E-state index in [0.29, 0.717) is 5.41 Å². The van der Waals surface area contributed by atoms with Crippen LogP contribution in [0.15, 0.2) is 11.6 Å². The zero-order valence-electron chi connectivity index (χ0n) is 11.7. The van der Waals surface area contributed by atoms with E-state index < -0.39 is 0 Å². The van der Waals surface area contributed by atoms with Crippen molar-refractivity contribution in [3.05, 3.63) is 11.6 Å². The van der Waals surface area contributed by atoms with Crippen LogP contribution < -0.4 is 5.32 Å². The first-order valence-electron chi connectivity index (χ1n) is 7.47. The molecular formula is C16H25NO. The summed E-state index contributed by atoms with van der Waals surface area (Å²) in [4.78, 5) is 11.8. The van der Waals surface area contributed by atoms with Gasteiger partial charge < -0.3 is 5.32 Å². The highest BCUT2D eigenvalue weighted by Gasteiger charge is 2.50. The molecule has 1 N–H and O–H groups in total. The number of rotatable bonds is 3. The SMILES string of the molecule is CC(C)=CC(=O)NCC12CC3CC(CC(C3)C1)C2. The van der Waals surface area contributed by atoms with Gasteiger partial charge in [0.2, 0.25) is 5.91 Å². The largest absolute Gasteiger partial charge is 0.352 e. The number of hydrogen-bond acceptors (Lipinski definition) is 1. The lowest BCUT2D eigenvalue weighted by atomic mass is 9.49. The molecule has 0 atom stereocenters. The van der Waals surface area contributed by atoms with Crippen molar-refractivity contribution in [1.29, 1.82) is 0 Å². The van der Waals surface area contributed by atoms with Gasteiger partial charge in [-0.2, -0.15) is 0 Å². The monoisotopic (exact) mass is 247 g/mol. The lowest BCUT2D eigenvalue weighted by molar-refractivity contribution is -0.118. The summed E-state index contributed by atoms with van der Waals surface area (Å²) >= 11 is 0. The maximum atomic E-state index is 11.8. The number of nitrogens with one attached hydrogen (secondary N) is 1. The molecule has 4 bridgehead atoms. The number of carbonyl (C=O) groups is 1. The van der Waals surface area contributed by atoms with Gasteiger partial charge in [0, 0.05) is 12.6 Å². The van der Waals surface area contributed by atoms with Crippen LogP contribution in [0.5, 0.6) is 0 Å². The second-order valence-electron chi connectivity index (χ2n) is 7.36. The Labute approximate surface area is 110 Å². The minimum Gasteiger partial charge on any atom is -0.352 e. The van der Waals surface area contributed by atoms with Gasteiger partial charge in [0.15, 0.2) is 0 Å². The Kier molecular flexibility index (Phi) is 2.99. The first-order valence-corrected chi connectivity index (χ1v) is 7.47. The van der Waals surface area contributed by atoms with E-state index in [-0.39, 0.29) is 5.91 Å². The quantitative estimate of drug-likeness (QED) is 0.762. The molecule has 100 valence electrons. The van der Waals surface area contributed by atoms with Gasteiger partial charge in [-0.05, 0) is 75.5 Å². The second-order valence-corrected chi connectivity index (χ2v) is 7.36. The summed E-state index contributed by atoms with van der Waals surface area (Å²) in [5, 5.41) is 3.16. The molecule has 0 saturated heterocycles. The summed E-state index contributed by atoms with van der Waals surface area (Å²) in [5.74, 6) is 3.01. The lowest BCUT2D eigenvalue weighted by Crippen LogP contribution is -2.51. The average molecular weight is 247 g/mol. The molecule has 1 amide bonds. The predicted octanol–water partition coefficient (Wildman–Crippen LogP) is 3.29. The zero-order valence-corrected chi connectivity index (χ0v) is 11.7. The standard InChI is InChI=1S/C16H25NO/c1-11(2)3-15(18)17-10-16-7-12-4-13(8-16)6-14(5-12)9-16/h3,12-14H,4-10H2,1-2H3,(H,17,18). The zero-order chi connectivity index (χ0) is 12.8. The molecule has 4 saturated carbocycles. The molecule has 0 radical (unpaired) electrons. The molecule has 0 heterocycles. The van der Waals surface area contributed by atoms with Crippen LogP contribution in [0.3, 0.4) is 0 Å². The van der Waals surface area contributed by atoms with Crippen LogP contribution in [-0.4, -0.2) is 12.5 Å². The van der Waals surface area contributed by atoms with Crippen molar-refractivity contribution in [2.24, 2.45) is 23.2 Å². The Morgan fingerprint density at radius 1 is 1.11 bits per heavy atom. The Balaban J connectivity index is 1.62. The molecule has 4 fully saturated rings. The van der Waals surface area contributed by atoms with Crippen LogP contribution in [0.2, 0.25) is 0 Å². The maximum absolute atomic E-state index is 11.8. The van der Waals surface area contributed by atoms with Crippen molar-refractivity contribution >= 4 is 5.91 Å². The molecule has 0 spiro atoms. The van der Waals surface area contributed by atoms with E-state index in [0.717, 1.165) is 29.9 Å². The number of allylic oxidation sites excluding steroid dienone is 1. The van der Waals surface area contributed by atoms with E-state index in [1.165, 1.54) is 38.5 Å². The van der Waals surface area contributed by atoms with E-state index in [4.69, 9.17) is 0 Å². The Morgan fingerprint density at radius 2 is 1.61 bits per heavy atom. The van der Waals surface area contributed by atoms with Crippen molar-refractivity contribution in [3.63, 3.8) is 0 Å². The fourth-order valence-electron chi connectivity index (χ4n) is 5.09. The van der Waals surface area contributed by atoms with Gasteiger partial charge in [0.25, 0.3) is 0 Å². The van der Waals surface area contributed by atoms with Crippen LogP contribution in [0, 0.1) is 23.2 Å². The summed E-state index contributed by atoms with van der Waals surface area (Å²) in [6.45, 7) is 4.87. The molecule has 0 aliphatic heterocycles. The first-order chi connectivity index (χ1) is 8.55. The van der Waals surface area contributed by atoms with Crippen LogP contribution >= 0.6 is 0 Å².